The molecule has 2 aromatic rings. The van der Waals surface area contributed by atoms with Gasteiger partial charge in [0.2, 0.25) is 0 Å². The highest BCUT2D eigenvalue weighted by molar-refractivity contribution is 7.80. The fourth-order valence-electron chi connectivity index (χ4n) is 1.44. The molecule has 0 aliphatic heterocycles. The number of thiol groups is 1. The summed E-state index contributed by atoms with van der Waals surface area (Å²) in [6, 6.07) is 1.73. The minimum absolute atomic E-state index is 0.0450. The van der Waals surface area contributed by atoms with Crippen molar-refractivity contribution in [3.8, 4) is 0 Å². The molecule has 0 aliphatic rings. The minimum atomic E-state index is -0.424. The molecule has 0 bridgehead atoms. The third-order valence-electron chi connectivity index (χ3n) is 2.14. The smallest absolute Gasteiger partial charge is 0.296 e. The summed E-state index contributed by atoms with van der Waals surface area (Å²) in [4.78, 5) is 17.2. The van der Waals surface area contributed by atoms with Crippen LogP contribution in [-0.4, -0.2) is 20.6 Å². The van der Waals surface area contributed by atoms with E-state index in [0.717, 1.165) is 5.56 Å². The summed E-state index contributed by atoms with van der Waals surface area (Å²) in [5.41, 5.74) is 1.39. The molecule has 0 radical (unpaired) electrons. The highest BCUT2D eigenvalue weighted by Gasteiger charge is 2.14. The van der Waals surface area contributed by atoms with Crippen LogP contribution in [0.3, 0.4) is 0 Å². The standard InChI is InChI=1S/C10H9N3O2S/c14-13(15)9-6-12-10-8(9)4-7(5-11-10)2-1-3-16/h1-2,4-6,16H,3H2,(H,11,12). The maximum atomic E-state index is 10.7. The van der Waals surface area contributed by atoms with E-state index in [0.29, 0.717) is 16.8 Å². The molecule has 2 aromatic heterocycles. The van der Waals surface area contributed by atoms with E-state index in [1.165, 1.54) is 6.20 Å². The van der Waals surface area contributed by atoms with E-state index in [1.807, 2.05) is 12.2 Å². The van der Waals surface area contributed by atoms with E-state index in [4.69, 9.17) is 0 Å². The summed E-state index contributed by atoms with van der Waals surface area (Å²) in [5.74, 6) is 0.618. The molecule has 0 saturated heterocycles. The van der Waals surface area contributed by atoms with Crippen LogP contribution in [0.5, 0.6) is 0 Å². The molecule has 2 rings (SSSR count). The van der Waals surface area contributed by atoms with Crippen LogP contribution in [0, 0.1) is 10.1 Å². The van der Waals surface area contributed by atoms with Gasteiger partial charge in [-0.2, -0.15) is 12.6 Å². The van der Waals surface area contributed by atoms with Gasteiger partial charge in [-0.15, -0.1) is 0 Å². The first kappa shape index (κ1) is 10.7. The molecule has 0 aromatic carbocycles. The van der Waals surface area contributed by atoms with Gasteiger partial charge >= 0.3 is 0 Å². The third kappa shape index (κ3) is 1.92. The normalized spacial score (nSPS) is 11.3. The van der Waals surface area contributed by atoms with Crippen molar-refractivity contribution in [3.63, 3.8) is 0 Å². The lowest BCUT2D eigenvalue weighted by atomic mass is 10.2. The van der Waals surface area contributed by atoms with Gasteiger partial charge in [-0.05, 0) is 11.6 Å². The second-order valence-corrected chi connectivity index (χ2v) is 3.55. The van der Waals surface area contributed by atoms with Gasteiger partial charge in [-0.25, -0.2) is 4.98 Å². The van der Waals surface area contributed by atoms with Crippen molar-refractivity contribution in [2.24, 2.45) is 0 Å². The average Bonchev–Trinajstić information content (AvgIpc) is 2.69. The molecule has 1 N–H and O–H groups in total. The largest absolute Gasteiger partial charge is 0.340 e. The number of aromatic amines is 1. The number of fused-ring (bicyclic) bond motifs is 1. The summed E-state index contributed by atoms with van der Waals surface area (Å²) in [6.45, 7) is 0. The maximum Gasteiger partial charge on any atom is 0.296 e. The second-order valence-electron chi connectivity index (χ2n) is 3.18. The third-order valence-corrected chi connectivity index (χ3v) is 2.35. The zero-order valence-corrected chi connectivity index (χ0v) is 9.15. The van der Waals surface area contributed by atoms with Gasteiger partial charge in [-0.3, -0.25) is 10.1 Å². The molecular formula is C10H9N3O2S. The maximum absolute atomic E-state index is 10.7. The highest BCUT2D eigenvalue weighted by Crippen LogP contribution is 2.24. The molecule has 0 unspecified atom stereocenters. The lowest BCUT2D eigenvalue weighted by molar-refractivity contribution is -0.383. The number of aromatic nitrogens is 2. The Balaban J connectivity index is 2.54. The van der Waals surface area contributed by atoms with E-state index in [1.54, 1.807) is 12.3 Å². The zero-order valence-electron chi connectivity index (χ0n) is 8.25. The highest BCUT2D eigenvalue weighted by atomic mass is 32.1. The zero-order chi connectivity index (χ0) is 11.5. The predicted molar refractivity (Wildman–Crippen MR) is 65.6 cm³/mol. The monoisotopic (exact) mass is 235 g/mol. The van der Waals surface area contributed by atoms with E-state index in [2.05, 4.69) is 22.6 Å². The molecule has 0 spiro atoms. The first-order valence-electron chi connectivity index (χ1n) is 4.61. The van der Waals surface area contributed by atoms with Crippen LogP contribution in [0.25, 0.3) is 17.1 Å². The van der Waals surface area contributed by atoms with Gasteiger partial charge in [0.15, 0.2) is 0 Å². The Labute approximate surface area is 96.8 Å². The Morgan fingerprint density at radius 3 is 3.12 bits per heavy atom. The first-order chi connectivity index (χ1) is 7.72. The first-order valence-corrected chi connectivity index (χ1v) is 5.24. The van der Waals surface area contributed by atoms with Crippen LogP contribution in [0.1, 0.15) is 5.56 Å². The van der Waals surface area contributed by atoms with Crippen molar-refractivity contribution >= 4 is 35.4 Å². The van der Waals surface area contributed by atoms with Crippen LogP contribution in [0.15, 0.2) is 24.5 Å². The molecule has 0 fully saturated rings. The van der Waals surface area contributed by atoms with E-state index >= 15 is 0 Å². The Hall–Kier alpha value is -1.82. The number of nitrogens with one attached hydrogen (secondary N) is 1. The Bertz CT molecular complexity index is 562. The van der Waals surface area contributed by atoms with Crippen molar-refractivity contribution < 1.29 is 4.92 Å². The molecular weight excluding hydrogens is 226 g/mol. The Morgan fingerprint density at radius 2 is 2.44 bits per heavy atom. The van der Waals surface area contributed by atoms with Crippen LogP contribution >= 0.6 is 12.6 Å². The molecule has 6 heteroatoms. The fraction of sp³-hybridized carbons (Fsp3) is 0.100. The molecule has 0 atom stereocenters. The topological polar surface area (TPSA) is 71.8 Å². The van der Waals surface area contributed by atoms with Crippen molar-refractivity contribution in [3.05, 3.63) is 40.2 Å². The molecule has 2 heterocycles. The van der Waals surface area contributed by atoms with Crippen LogP contribution in [0.4, 0.5) is 5.69 Å². The number of nitrogens with zero attached hydrogens (tertiary/aromatic N) is 2. The number of nitro groups is 1. The van der Waals surface area contributed by atoms with Gasteiger partial charge in [-0.1, -0.05) is 12.2 Å². The van der Waals surface area contributed by atoms with Crippen LogP contribution in [0.2, 0.25) is 0 Å². The Kier molecular flexibility index (Phi) is 2.91. The molecule has 16 heavy (non-hydrogen) atoms. The van der Waals surface area contributed by atoms with Gasteiger partial charge in [0.1, 0.15) is 5.65 Å². The quantitative estimate of drug-likeness (QED) is 0.487. The second kappa shape index (κ2) is 4.36. The summed E-state index contributed by atoms with van der Waals surface area (Å²) in [5, 5.41) is 11.2. The molecule has 0 aliphatic carbocycles. The number of rotatable bonds is 3. The lowest BCUT2D eigenvalue weighted by Gasteiger charge is -1.93. The molecule has 0 saturated carbocycles. The number of H-pyrrole nitrogens is 1. The summed E-state index contributed by atoms with van der Waals surface area (Å²) < 4.78 is 0. The van der Waals surface area contributed by atoms with E-state index < -0.39 is 4.92 Å². The summed E-state index contributed by atoms with van der Waals surface area (Å²) >= 11 is 4.04. The number of pyridine rings is 1. The number of hydrogen-bond donors (Lipinski definition) is 2. The van der Waals surface area contributed by atoms with Crippen LogP contribution in [-0.2, 0) is 0 Å². The summed E-state index contributed by atoms with van der Waals surface area (Å²) in [7, 11) is 0. The van der Waals surface area contributed by atoms with Gasteiger partial charge < -0.3 is 4.98 Å². The minimum Gasteiger partial charge on any atom is -0.340 e. The molecule has 0 amide bonds. The molecule has 5 nitrogen and oxygen atoms in total. The number of hydrogen-bond acceptors (Lipinski definition) is 4. The van der Waals surface area contributed by atoms with E-state index in [-0.39, 0.29) is 5.69 Å². The Morgan fingerprint density at radius 1 is 1.62 bits per heavy atom. The summed E-state index contributed by atoms with van der Waals surface area (Å²) in [6.07, 6.45) is 6.69. The van der Waals surface area contributed by atoms with Crippen molar-refractivity contribution in [2.45, 2.75) is 0 Å². The fourth-order valence-corrected chi connectivity index (χ4v) is 1.54. The van der Waals surface area contributed by atoms with Crippen LogP contribution < -0.4 is 0 Å². The van der Waals surface area contributed by atoms with Gasteiger partial charge in [0.25, 0.3) is 5.69 Å². The predicted octanol–water partition coefficient (Wildman–Crippen LogP) is 2.41. The van der Waals surface area contributed by atoms with Crippen molar-refractivity contribution in [1.29, 1.82) is 0 Å². The SMILES string of the molecule is O=[N+]([O-])c1c[nH]c2ncc(C=CCS)cc12. The van der Waals surface area contributed by atoms with Gasteiger partial charge in [0, 0.05) is 11.9 Å². The van der Waals surface area contributed by atoms with Gasteiger partial charge in [0.05, 0.1) is 16.5 Å². The lowest BCUT2D eigenvalue weighted by Crippen LogP contribution is -1.86. The van der Waals surface area contributed by atoms with Crippen molar-refractivity contribution in [2.75, 3.05) is 5.75 Å². The van der Waals surface area contributed by atoms with Crippen molar-refractivity contribution in [1.82, 2.24) is 9.97 Å². The average molecular weight is 235 g/mol. The molecule has 82 valence electrons. The van der Waals surface area contributed by atoms with E-state index in [9.17, 15) is 10.1 Å².